The summed E-state index contributed by atoms with van der Waals surface area (Å²) < 4.78 is 0.618. The van der Waals surface area contributed by atoms with Crippen molar-refractivity contribution in [2.24, 2.45) is 10.7 Å². The van der Waals surface area contributed by atoms with E-state index in [1.165, 1.54) is 6.42 Å². The van der Waals surface area contributed by atoms with Gasteiger partial charge in [-0.1, -0.05) is 0 Å². The highest BCUT2D eigenvalue weighted by Gasteiger charge is 2.14. The first-order valence-electron chi connectivity index (χ1n) is 7.98. The zero-order valence-corrected chi connectivity index (χ0v) is 13.2. The Labute approximate surface area is 135 Å². The lowest BCUT2D eigenvalue weighted by Crippen LogP contribution is -2.34. The quantitative estimate of drug-likeness (QED) is 0.446. The number of hydrogen-bond acceptors (Lipinski definition) is 6. The number of nitrogens with zero attached hydrogens (tertiary/aromatic N) is 4. The molecule has 0 aromatic carbocycles. The van der Waals surface area contributed by atoms with E-state index < -0.39 is 6.03 Å². The number of carbonyl (C=O) groups excluding carboxylic acids is 1. The van der Waals surface area contributed by atoms with Crippen LogP contribution in [0.3, 0.4) is 0 Å². The zero-order chi connectivity index (χ0) is 16.7. The van der Waals surface area contributed by atoms with Crippen molar-refractivity contribution in [3.63, 3.8) is 0 Å². The van der Waals surface area contributed by atoms with Gasteiger partial charge in [0.1, 0.15) is 5.82 Å². The van der Waals surface area contributed by atoms with Crippen LogP contribution in [0.4, 0.5) is 16.6 Å². The molecule has 1 aliphatic rings. The van der Waals surface area contributed by atoms with Crippen LogP contribution in [0.2, 0.25) is 0 Å². The van der Waals surface area contributed by atoms with Crippen LogP contribution in [0.15, 0.2) is 11.1 Å². The number of nitrogens with two attached hydrogens (primary N) is 2. The summed E-state index contributed by atoms with van der Waals surface area (Å²) in [6, 6.07) is 1.04. The first-order valence-corrected chi connectivity index (χ1v) is 7.98. The summed E-state index contributed by atoms with van der Waals surface area (Å²) in [4.78, 5) is 21.9. The van der Waals surface area contributed by atoms with Crippen LogP contribution in [0.5, 0.6) is 0 Å². The third-order valence-electron chi connectivity index (χ3n) is 3.72. The van der Waals surface area contributed by atoms with E-state index in [1.54, 1.807) is 6.07 Å². The van der Waals surface area contributed by atoms with Crippen LogP contribution in [0.1, 0.15) is 32.1 Å². The number of carbonyl (C=O) groups is 1. The summed E-state index contributed by atoms with van der Waals surface area (Å²) in [6.45, 7) is 2.84. The standard InChI is InChI=1S/C14H25N7O2/c15-6-2-3-7-17-14(22)19-12-10-11(18-13(16)21(12)23)20-8-4-1-5-9-20/h10,23H,1-9,15H2,(H2,16,18)(H,17,22). The van der Waals surface area contributed by atoms with Gasteiger partial charge < -0.3 is 26.9 Å². The molecule has 1 aromatic rings. The lowest BCUT2D eigenvalue weighted by molar-refractivity contribution is 0.174. The van der Waals surface area contributed by atoms with Gasteiger partial charge in [-0.3, -0.25) is 0 Å². The summed E-state index contributed by atoms with van der Waals surface area (Å²) in [7, 11) is 0. The van der Waals surface area contributed by atoms with Crippen LogP contribution in [0.25, 0.3) is 0 Å². The van der Waals surface area contributed by atoms with Gasteiger partial charge in [0.25, 0.3) is 0 Å². The molecule has 2 heterocycles. The number of nitrogen functional groups attached to an aromatic ring is 1. The van der Waals surface area contributed by atoms with Crippen molar-refractivity contribution in [2.45, 2.75) is 32.1 Å². The summed E-state index contributed by atoms with van der Waals surface area (Å²) in [5.41, 5.74) is 11.2. The summed E-state index contributed by atoms with van der Waals surface area (Å²) in [6.07, 6.45) is 4.99. The van der Waals surface area contributed by atoms with E-state index in [2.05, 4.69) is 20.2 Å². The second-order valence-electron chi connectivity index (χ2n) is 5.53. The Bertz CT molecular complexity index is 593. The highest BCUT2D eigenvalue weighted by molar-refractivity contribution is 5.74. The number of nitrogens with one attached hydrogen (secondary N) is 1. The summed E-state index contributed by atoms with van der Waals surface area (Å²) >= 11 is 0. The maximum atomic E-state index is 11.8. The Morgan fingerprint density at radius 1 is 1.35 bits per heavy atom. The number of anilines is 2. The number of rotatable bonds is 5. The third kappa shape index (κ3) is 4.85. The molecular weight excluding hydrogens is 298 g/mol. The van der Waals surface area contributed by atoms with E-state index in [9.17, 15) is 10.0 Å². The lowest BCUT2D eigenvalue weighted by atomic mass is 10.1. The highest BCUT2D eigenvalue weighted by Crippen LogP contribution is 2.16. The molecular formula is C14H25N7O2. The van der Waals surface area contributed by atoms with Crippen LogP contribution < -0.4 is 27.2 Å². The average Bonchev–Trinajstić information content (AvgIpc) is 2.56. The maximum Gasteiger partial charge on any atom is 0.343 e. The Morgan fingerprint density at radius 3 is 2.78 bits per heavy atom. The third-order valence-corrected chi connectivity index (χ3v) is 3.72. The second kappa shape index (κ2) is 8.37. The fourth-order valence-electron chi connectivity index (χ4n) is 2.46. The Kier molecular flexibility index (Phi) is 6.21. The first kappa shape index (κ1) is 17.1. The number of amides is 2. The van der Waals surface area contributed by atoms with Gasteiger partial charge in [-0.15, -0.1) is 4.73 Å². The predicted molar refractivity (Wildman–Crippen MR) is 87.1 cm³/mol. The molecule has 0 spiro atoms. The molecule has 0 unspecified atom stereocenters. The molecule has 128 valence electrons. The maximum absolute atomic E-state index is 11.8. The van der Waals surface area contributed by atoms with E-state index >= 15 is 0 Å². The van der Waals surface area contributed by atoms with Crippen molar-refractivity contribution in [2.75, 3.05) is 36.8 Å². The minimum Gasteiger partial charge on any atom is -0.423 e. The van der Waals surface area contributed by atoms with Gasteiger partial charge in [0, 0.05) is 25.7 Å². The minimum absolute atomic E-state index is 0.0643. The van der Waals surface area contributed by atoms with Gasteiger partial charge >= 0.3 is 6.03 Å². The number of piperidine rings is 1. The average molecular weight is 323 g/mol. The monoisotopic (exact) mass is 323 g/mol. The van der Waals surface area contributed by atoms with Gasteiger partial charge in [0.15, 0.2) is 5.49 Å². The molecule has 0 saturated carbocycles. The number of unbranched alkanes of at least 4 members (excludes halogenated alkanes) is 1. The molecule has 2 amide bonds. The minimum atomic E-state index is -0.528. The molecule has 0 atom stereocenters. The van der Waals surface area contributed by atoms with Crippen molar-refractivity contribution in [1.29, 1.82) is 0 Å². The van der Waals surface area contributed by atoms with Crippen molar-refractivity contribution >= 4 is 17.8 Å². The molecule has 1 aromatic heterocycles. The summed E-state index contributed by atoms with van der Waals surface area (Å²) in [5, 5.41) is 12.6. The number of hydrogen-bond donors (Lipinski definition) is 4. The number of urea groups is 1. The van der Waals surface area contributed by atoms with Gasteiger partial charge in [-0.25, -0.2) is 4.79 Å². The molecule has 9 nitrogen and oxygen atoms in total. The zero-order valence-electron chi connectivity index (χ0n) is 13.2. The first-order chi connectivity index (χ1) is 11.1. The lowest BCUT2D eigenvalue weighted by Gasteiger charge is -2.27. The van der Waals surface area contributed by atoms with Gasteiger partial charge in [0.2, 0.25) is 5.95 Å². The molecule has 2 rings (SSSR count). The molecule has 23 heavy (non-hydrogen) atoms. The molecule has 6 N–H and O–H groups in total. The van der Waals surface area contributed by atoms with Crippen LogP contribution >= 0.6 is 0 Å². The van der Waals surface area contributed by atoms with Crippen molar-refractivity contribution < 1.29 is 10.0 Å². The topological polar surface area (TPSA) is 135 Å². The molecule has 0 radical (unpaired) electrons. The van der Waals surface area contributed by atoms with Crippen LogP contribution in [0, 0.1) is 0 Å². The van der Waals surface area contributed by atoms with E-state index in [0.29, 0.717) is 23.6 Å². The molecule has 1 saturated heterocycles. The van der Waals surface area contributed by atoms with E-state index in [1.807, 2.05) is 0 Å². The largest absolute Gasteiger partial charge is 0.423 e. The molecule has 9 heteroatoms. The van der Waals surface area contributed by atoms with Crippen molar-refractivity contribution in [3.05, 3.63) is 11.6 Å². The summed E-state index contributed by atoms with van der Waals surface area (Å²) in [5.74, 6) is 0.532. The SMILES string of the molecule is NCCCCNC(=O)N=c1cc(N2CCCCC2)nc(N)n1O. The van der Waals surface area contributed by atoms with Crippen LogP contribution in [-0.2, 0) is 0 Å². The fourth-order valence-corrected chi connectivity index (χ4v) is 2.46. The van der Waals surface area contributed by atoms with Crippen LogP contribution in [-0.4, -0.2) is 47.1 Å². The smallest absolute Gasteiger partial charge is 0.343 e. The second-order valence-corrected chi connectivity index (χ2v) is 5.53. The number of aromatic nitrogens is 2. The van der Waals surface area contributed by atoms with Gasteiger partial charge in [-0.05, 0) is 38.6 Å². The van der Waals surface area contributed by atoms with Gasteiger partial charge in [-0.2, -0.15) is 9.98 Å². The molecule has 1 fully saturated rings. The molecule has 0 aliphatic carbocycles. The highest BCUT2D eigenvalue weighted by atomic mass is 16.5. The Hall–Kier alpha value is -2.29. The molecule has 1 aliphatic heterocycles. The van der Waals surface area contributed by atoms with E-state index in [0.717, 1.165) is 38.8 Å². The normalized spacial score (nSPS) is 15.7. The van der Waals surface area contributed by atoms with Crippen molar-refractivity contribution in [3.8, 4) is 0 Å². The van der Waals surface area contributed by atoms with E-state index in [-0.39, 0.29) is 11.4 Å². The van der Waals surface area contributed by atoms with Crippen molar-refractivity contribution in [1.82, 2.24) is 15.0 Å². The fraction of sp³-hybridized carbons (Fsp3) is 0.643. The Morgan fingerprint density at radius 2 is 2.09 bits per heavy atom. The van der Waals surface area contributed by atoms with Gasteiger partial charge in [0.05, 0.1) is 0 Å². The van der Waals surface area contributed by atoms with E-state index in [4.69, 9.17) is 11.5 Å². The predicted octanol–water partition coefficient (Wildman–Crippen LogP) is 0.0421. The Balaban J connectivity index is 2.14. The molecule has 0 bridgehead atoms.